The van der Waals surface area contributed by atoms with E-state index in [0.29, 0.717) is 40.3 Å². The van der Waals surface area contributed by atoms with Gasteiger partial charge in [-0.3, -0.25) is 9.59 Å². The summed E-state index contributed by atoms with van der Waals surface area (Å²) in [4.78, 5) is 36.8. The number of fused-ring (bicyclic) bond motifs is 1. The van der Waals surface area contributed by atoms with Gasteiger partial charge < -0.3 is 20.4 Å². The fourth-order valence-corrected chi connectivity index (χ4v) is 4.11. The van der Waals surface area contributed by atoms with Crippen LogP contribution in [0.2, 0.25) is 0 Å². The maximum atomic E-state index is 15.0. The van der Waals surface area contributed by atoms with Crippen molar-refractivity contribution in [2.45, 2.75) is 26.2 Å². The molecule has 0 saturated carbocycles. The number of H-pyrrole nitrogens is 1. The number of hydrogen-bond acceptors (Lipinski definition) is 6. The van der Waals surface area contributed by atoms with Crippen molar-refractivity contribution < 1.29 is 18.3 Å². The first-order valence-electron chi connectivity index (χ1n) is 12.7. The number of carbonyl (C=O) groups excluding carboxylic acids is 1. The van der Waals surface area contributed by atoms with Crippen LogP contribution in [-0.4, -0.2) is 20.9 Å². The van der Waals surface area contributed by atoms with Crippen molar-refractivity contribution in [1.82, 2.24) is 15.0 Å². The quantitative estimate of drug-likeness (QED) is 0.187. The van der Waals surface area contributed by atoms with Gasteiger partial charge in [-0.15, -0.1) is 0 Å². The van der Waals surface area contributed by atoms with Crippen molar-refractivity contribution >= 4 is 34.1 Å². The molecule has 3 aromatic heterocycles. The summed E-state index contributed by atoms with van der Waals surface area (Å²) in [6, 6.07) is 14.6. The number of rotatable bonds is 9. The number of nitrogens with zero attached hydrogens (tertiary/aromatic N) is 2. The molecule has 0 saturated heterocycles. The Bertz CT molecular complexity index is 1740. The summed E-state index contributed by atoms with van der Waals surface area (Å²) >= 11 is 0. The predicted octanol–water partition coefficient (Wildman–Crippen LogP) is 6.93. The molecule has 0 radical (unpaired) electrons. The summed E-state index contributed by atoms with van der Waals surface area (Å²) in [7, 11) is 0. The predicted molar refractivity (Wildman–Crippen MR) is 150 cm³/mol. The van der Waals surface area contributed by atoms with E-state index in [1.165, 1.54) is 54.9 Å². The molecule has 0 aliphatic carbocycles. The zero-order valence-corrected chi connectivity index (χ0v) is 21.5. The highest BCUT2D eigenvalue weighted by Gasteiger charge is 2.14. The number of halogens is 2. The summed E-state index contributed by atoms with van der Waals surface area (Å²) in [6.45, 7) is 2.00. The number of aromatic nitrogens is 3. The number of pyridine rings is 3. The van der Waals surface area contributed by atoms with Crippen molar-refractivity contribution in [2.75, 3.05) is 10.6 Å². The van der Waals surface area contributed by atoms with Crippen LogP contribution in [0.5, 0.6) is 11.5 Å². The second kappa shape index (κ2) is 11.7. The molecule has 8 nitrogen and oxygen atoms in total. The SMILES string of the molecule is CCCCC(=O)Nc1cc(Oc2ccc(Nc3nccc4[nH]cc(-c5ccc(F)cc5)c(=O)c34)cc2F)ccn1. The van der Waals surface area contributed by atoms with E-state index < -0.39 is 11.6 Å². The number of aromatic amines is 1. The number of unbranched alkanes of at least 4 members (excludes halogenated alkanes) is 1. The number of hydrogen-bond donors (Lipinski definition) is 3. The maximum absolute atomic E-state index is 15.0. The summed E-state index contributed by atoms with van der Waals surface area (Å²) in [5, 5.41) is 5.99. The van der Waals surface area contributed by atoms with Crippen LogP contribution in [0.3, 0.4) is 0 Å². The average molecular weight is 542 g/mol. The molecule has 5 aromatic rings. The lowest BCUT2D eigenvalue weighted by molar-refractivity contribution is -0.116. The van der Waals surface area contributed by atoms with Crippen LogP contribution < -0.4 is 20.8 Å². The Kier molecular flexibility index (Phi) is 7.77. The highest BCUT2D eigenvalue weighted by atomic mass is 19.1. The van der Waals surface area contributed by atoms with E-state index in [4.69, 9.17) is 4.74 Å². The van der Waals surface area contributed by atoms with Crippen molar-refractivity contribution in [3.8, 4) is 22.6 Å². The molecule has 0 bridgehead atoms. The second-order valence-corrected chi connectivity index (χ2v) is 9.02. The van der Waals surface area contributed by atoms with E-state index in [1.54, 1.807) is 24.4 Å². The Morgan fingerprint density at radius 3 is 2.58 bits per heavy atom. The van der Waals surface area contributed by atoms with E-state index >= 15 is 4.39 Å². The van der Waals surface area contributed by atoms with E-state index in [9.17, 15) is 14.0 Å². The van der Waals surface area contributed by atoms with Gasteiger partial charge in [0.25, 0.3) is 0 Å². The molecule has 3 heterocycles. The van der Waals surface area contributed by atoms with Gasteiger partial charge in [-0.25, -0.2) is 18.7 Å². The number of ether oxygens (including phenoxy) is 1. The lowest BCUT2D eigenvalue weighted by atomic mass is 10.0. The van der Waals surface area contributed by atoms with Gasteiger partial charge in [-0.1, -0.05) is 25.5 Å². The van der Waals surface area contributed by atoms with Gasteiger partial charge in [0.15, 0.2) is 11.6 Å². The van der Waals surface area contributed by atoms with E-state index in [0.717, 1.165) is 12.8 Å². The molecule has 2 aromatic carbocycles. The second-order valence-electron chi connectivity index (χ2n) is 9.02. The monoisotopic (exact) mass is 541 g/mol. The molecule has 0 fully saturated rings. The van der Waals surface area contributed by atoms with Crippen LogP contribution >= 0.6 is 0 Å². The summed E-state index contributed by atoms with van der Waals surface area (Å²) in [6.07, 6.45) is 6.60. The fourth-order valence-electron chi connectivity index (χ4n) is 4.11. The number of nitrogens with one attached hydrogen (secondary N) is 3. The molecule has 0 unspecified atom stereocenters. The molecule has 3 N–H and O–H groups in total. The molecular formula is C30H25F2N5O3. The molecule has 202 valence electrons. The molecule has 1 amide bonds. The van der Waals surface area contributed by atoms with Crippen LogP contribution in [0.25, 0.3) is 22.0 Å². The van der Waals surface area contributed by atoms with Gasteiger partial charge in [0.1, 0.15) is 23.2 Å². The van der Waals surface area contributed by atoms with Gasteiger partial charge in [0.05, 0.1) is 10.9 Å². The third-order valence-electron chi connectivity index (χ3n) is 6.13. The van der Waals surface area contributed by atoms with Crippen LogP contribution in [0, 0.1) is 11.6 Å². The Balaban J connectivity index is 1.37. The molecule has 10 heteroatoms. The minimum absolute atomic E-state index is 0.0395. The fraction of sp³-hybridized carbons (Fsp3) is 0.133. The lowest BCUT2D eigenvalue weighted by Crippen LogP contribution is -2.12. The summed E-state index contributed by atoms with van der Waals surface area (Å²) in [5.41, 5.74) is 1.45. The number of anilines is 3. The van der Waals surface area contributed by atoms with Crippen LogP contribution in [0.4, 0.5) is 26.1 Å². The standard InChI is InChI=1S/C30H25F2N5O3/c1-2-3-4-27(38)37-26-16-21(11-13-33-26)40-25-10-9-20(15-23(25)32)36-30-28-24(12-14-34-30)35-17-22(29(28)39)18-5-7-19(31)8-6-18/h5-17H,2-4H2,1H3,(H,34,36)(H,35,39)(H,33,37,38). The number of amides is 1. The van der Waals surface area contributed by atoms with Gasteiger partial charge in [-0.05, 0) is 48.4 Å². The smallest absolute Gasteiger partial charge is 0.225 e. The number of carbonyl (C=O) groups is 1. The van der Waals surface area contributed by atoms with Crippen molar-refractivity contribution in [3.63, 3.8) is 0 Å². The van der Waals surface area contributed by atoms with Crippen LogP contribution in [0.1, 0.15) is 26.2 Å². The number of benzene rings is 2. The highest BCUT2D eigenvalue weighted by Crippen LogP contribution is 2.30. The maximum Gasteiger partial charge on any atom is 0.225 e. The molecular weight excluding hydrogens is 516 g/mol. The van der Waals surface area contributed by atoms with Gasteiger partial charge >= 0.3 is 0 Å². The van der Waals surface area contributed by atoms with E-state index in [-0.39, 0.29) is 28.3 Å². The van der Waals surface area contributed by atoms with Crippen molar-refractivity contribution in [1.29, 1.82) is 0 Å². The average Bonchev–Trinajstić information content (AvgIpc) is 2.94. The molecule has 0 atom stereocenters. The minimum atomic E-state index is -0.656. The van der Waals surface area contributed by atoms with Crippen LogP contribution in [-0.2, 0) is 4.79 Å². The Labute approximate surface area is 228 Å². The zero-order valence-electron chi connectivity index (χ0n) is 21.5. The van der Waals surface area contributed by atoms with Gasteiger partial charge in [-0.2, -0.15) is 0 Å². The van der Waals surface area contributed by atoms with Crippen LogP contribution in [0.15, 0.2) is 84.0 Å². The molecule has 0 spiro atoms. The third-order valence-corrected chi connectivity index (χ3v) is 6.13. The Hall–Kier alpha value is -5.12. The first-order chi connectivity index (χ1) is 19.4. The van der Waals surface area contributed by atoms with Crippen molar-refractivity contribution in [2.24, 2.45) is 0 Å². The zero-order chi connectivity index (χ0) is 28.1. The Morgan fingerprint density at radius 2 is 1.80 bits per heavy atom. The van der Waals surface area contributed by atoms with Gasteiger partial charge in [0.2, 0.25) is 11.3 Å². The largest absolute Gasteiger partial charge is 0.454 e. The molecule has 0 aliphatic rings. The lowest BCUT2D eigenvalue weighted by Gasteiger charge is -2.12. The first kappa shape index (κ1) is 26.5. The molecule has 40 heavy (non-hydrogen) atoms. The normalized spacial score (nSPS) is 10.9. The highest BCUT2D eigenvalue weighted by molar-refractivity contribution is 5.93. The van der Waals surface area contributed by atoms with E-state index in [2.05, 4.69) is 25.6 Å². The molecule has 5 rings (SSSR count). The minimum Gasteiger partial charge on any atom is -0.454 e. The van der Waals surface area contributed by atoms with Crippen molar-refractivity contribution in [3.05, 3.63) is 101 Å². The first-order valence-corrected chi connectivity index (χ1v) is 12.7. The topological polar surface area (TPSA) is 109 Å². The Morgan fingerprint density at radius 1 is 1.00 bits per heavy atom. The van der Waals surface area contributed by atoms with E-state index in [1.807, 2.05) is 6.92 Å². The summed E-state index contributed by atoms with van der Waals surface area (Å²) in [5.74, 6) is -0.413. The van der Waals surface area contributed by atoms with Gasteiger partial charge in [0, 0.05) is 48.4 Å². The third kappa shape index (κ3) is 5.96. The molecule has 0 aliphatic heterocycles. The summed E-state index contributed by atoms with van der Waals surface area (Å²) < 4.78 is 34.1.